The second kappa shape index (κ2) is 23.2. The van der Waals surface area contributed by atoms with Crippen LogP contribution in [0, 0.1) is 0 Å². The number of methoxy groups -OCH3 is 8. The molecule has 364 valence electrons. The Kier molecular flexibility index (Phi) is 17.5. The van der Waals surface area contributed by atoms with Crippen LogP contribution in [0.25, 0.3) is 0 Å². The molecule has 0 N–H and O–H groups in total. The summed E-state index contributed by atoms with van der Waals surface area (Å²) in [6.07, 6.45) is 5.85. The number of carbonyl (C=O) groups is 2. The number of likely N-dealkylation sites (N-methyl/N-ethyl adjacent to an activating group) is 2. The standard InChI is InChI=1S/C53H72N2O12/c1-54(22-18-38-32-48(62-7)50(64-9)34-40(38)42(54)28-36-14-16-44(58-3)46(30-36)60-5)24-20-52(56)66-26-12-11-13-27-67-53(57)21-25-55(2)23-19-39-33-49(63-8)51(65-10)35-41(39)43(55)29-37-15-17-45(59-4)47(31-37)61-6/h14-17,30-35,42-43H,11-13,18-29H2,1-10H3/q+2/t42-,43-,54?,55?/m1/s1. The number of benzene rings is 4. The summed E-state index contributed by atoms with van der Waals surface area (Å²) >= 11 is 0. The average Bonchev–Trinajstić information content (AvgIpc) is 3.35. The summed E-state index contributed by atoms with van der Waals surface area (Å²) in [6, 6.07) is 20.5. The Morgan fingerprint density at radius 1 is 0.463 bits per heavy atom. The number of hydrogen-bond acceptors (Lipinski definition) is 12. The van der Waals surface area contributed by atoms with Gasteiger partial charge in [0.25, 0.3) is 0 Å². The van der Waals surface area contributed by atoms with E-state index in [-0.39, 0.29) is 24.0 Å². The molecule has 2 aliphatic rings. The normalized spacial score (nSPS) is 19.6. The van der Waals surface area contributed by atoms with Crippen LogP contribution in [-0.2, 0) is 44.7 Å². The number of carbonyl (C=O) groups excluding carboxylic acids is 2. The van der Waals surface area contributed by atoms with Gasteiger partial charge in [0.05, 0.1) is 123 Å². The van der Waals surface area contributed by atoms with E-state index < -0.39 is 0 Å². The number of nitrogens with zero attached hydrogens (tertiary/aromatic N) is 2. The minimum atomic E-state index is -0.215. The van der Waals surface area contributed by atoms with Crippen LogP contribution in [0.5, 0.6) is 46.0 Å². The van der Waals surface area contributed by atoms with Gasteiger partial charge in [0.1, 0.15) is 12.1 Å². The Bertz CT molecular complexity index is 2160. The smallest absolute Gasteiger partial charge is 0.311 e. The maximum absolute atomic E-state index is 13.2. The van der Waals surface area contributed by atoms with Crippen molar-refractivity contribution < 1.29 is 65.9 Å². The fourth-order valence-corrected chi connectivity index (χ4v) is 9.91. The van der Waals surface area contributed by atoms with Crippen LogP contribution in [0.2, 0.25) is 0 Å². The Morgan fingerprint density at radius 3 is 1.16 bits per heavy atom. The SMILES string of the molecule is COc1ccc(C[C@@H]2c3cc(OC)c(OC)cc3CC[N+]2(C)CCC(=O)OCCCCCOC(=O)CC[N+]2(C)CCc3cc(OC)c(OC)cc3[C@H]2Cc2ccc(OC)c(OC)c2)cc1OC. The van der Waals surface area contributed by atoms with E-state index in [1.54, 1.807) is 56.9 Å². The topological polar surface area (TPSA) is 126 Å². The van der Waals surface area contributed by atoms with Crippen LogP contribution >= 0.6 is 0 Å². The molecule has 0 saturated heterocycles. The summed E-state index contributed by atoms with van der Waals surface area (Å²) in [5, 5.41) is 0. The van der Waals surface area contributed by atoms with Crippen molar-refractivity contribution in [3.63, 3.8) is 0 Å². The third kappa shape index (κ3) is 12.0. The molecule has 4 aromatic carbocycles. The molecular formula is C53H72N2O12+2. The van der Waals surface area contributed by atoms with Gasteiger partial charge in [-0.15, -0.1) is 0 Å². The van der Waals surface area contributed by atoms with Gasteiger partial charge in [-0.3, -0.25) is 9.59 Å². The van der Waals surface area contributed by atoms with Crippen molar-refractivity contribution in [3.05, 3.63) is 94.0 Å². The van der Waals surface area contributed by atoms with Crippen molar-refractivity contribution in [2.45, 2.75) is 69.9 Å². The van der Waals surface area contributed by atoms with Crippen LogP contribution < -0.4 is 37.9 Å². The van der Waals surface area contributed by atoms with Gasteiger partial charge in [0.2, 0.25) is 0 Å². The van der Waals surface area contributed by atoms with Gasteiger partial charge >= 0.3 is 11.9 Å². The molecule has 0 aromatic heterocycles. The molecule has 0 radical (unpaired) electrons. The van der Waals surface area contributed by atoms with Gasteiger partial charge in [0.15, 0.2) is 46.0 Å². The molecule has 2 heterocycles. The van der Waals surface area contributed by atoms with E-state index in [0.29, 0.717) is 107 Å². The van der Waals surface area contributed by atoms with E-state index in [1.165, 1.54) is 22.3 Å². The lowest BCUT2D eigenvalue weighted by Gasteiger charge is -2.46. The van der Waals surface area contributed by atoms with Crippen LogP contribution in [0.15, 0.2) is 60.7 Å². The zero-order valence-corrected chi connectivity index (χ0v) is 41.3. The number of fused-ring (bicyclic) bond motifs is 2. The summed E-state index contributed by atoms with van der Waals surface area (Å²) in [5.41, 5.74) is 7.00. The Hall–Kier alpha value is -5.86. The van der Waals surface area contributed by atoms with Crippen molar-refractivity contribution in [3.8, 4) is 46.0 Å². The molecule has 0 saturated carbocycles. The van der Waals surface area contributed by atoms with Gasteiger partial charge in [-0.2, -0.15) is 0 Å². The number of unbranched alkanes of at least 4 members (excludes halogenated alkanes) is 2. The lowest BCUT2D eigenvalue weighted by molar-refractivity contribution is -0.940. The minimum absolute atomic E-state index is 0.0393. The maximum atomic E-state index is 13.2. The number of ether oxygens (including phenoxy) is 10. The highest BCUT2D eigenvalue weighted by Gasteiger charge is 2.42. The first kappa shape index (κ1) is 50.6. The van der Waals surface area contributed by atoms with Gasteiger partial charge in [0, 0.05) is 36.8 Å². The fraction of sp³-hybridized carbons (Fsp3) is 0.509. The second-order valence-corrected chi connectivity index (χ2v) is 18.0. The van der Waals surface area contributed by atoms with Gasteiger partial charge < -0.3 is 56.3 Å². The van der Waals surface area contributed by atoms with E-state index in [0.717, 1.165) is 56.3 Å². The third-order valence-corrected chi connectivity index (χ3v) is 14.0. The molecule has 0 spiro atoms. The van der Waals surface area contributed by atoms with E-state index in [2.05, 4.69) is 50.5 Å². The molecule has 14 nitrogen and oxygen atoms in total. The molecule has 0 aliphatic carbocycles. The van der Waals surface area contributed by atoms with Crippen molar-refractivity contribution in [2.24, 2.45) is 0 Å². The highest BCUT2D eigenvalue weighted by molar-refractivity contribution is 5.69. The van der Waals surface area contributed by atoms with Crippen molar-refractivity contribution in [2.75, 3.05) is 110 Å². The Labute approximate surface area is 397 Å². The lowest BCUT2D eigenvalue weighted by Crippen LogP contribution is -2.53. The zero-order chi connectivity index (χ0) is 48.1. The molecule has 2 aliphatic heterocycles. The third-order valence-electron chi connectivity index (χ3n) is 14.0. The summed E-state index contributed by atoms with van der Waals surface area (Å²) in [5.74, 6) is 5.06. The first-order valence-corrected chi connectivity index (χ1v) is 23.3. The summed E-state index contributed by atoms with van der Waals surface area (Å²) in [4.78, 5) is 26.4. The van der Waals surface area contributed by atoms with Crippen LogP contribution in [0.4, 0.5) is 0 Å². The Morgan fingerprint density at radius 2 is 0.806 bits per heavy atom. The van der Waals surface area contributed by atoms with Gasteiger partial charge in [-0.25, -0.2) is 0 Å². The molecule has 67 heavy (non-hydrogen) atoms. The molecule has 4 atom stereocenters. The highest BCUT2D eigenvalue weighted by atomic mass is 16.5. The lowest BCUT2D eigenvalue weighted by atomic mass is 9.86. The van der Waals surface area contributed by atoms with Crippen molar-refractivity contribution in [1.82, 2.24) is 0 Å². The average molecular weight is 929 g/mol. The molecule has 14 heteroatoms. The number of esters is 2. The van der Waals surface area contributed by atoms with Gasteiger partial charge in [-0.1, -0.05) is 12.1 Å². The highest BCUT2D eigenvalue weighted by Crippen LogP contribution is 2.45. The summed E-state index contributed by atoms with van der Waals surface area (Å²) in [6.45, 7) is 3.57. The first-order chi connectivity index (χ1) is 32.4. The monoisotopic (exact) mass is 929 g/mol. The second-order valence-electron chi connectivity index (χ2n) is 18.0. The van der Waals surface area contributed by atoms with E-state index >= 15 is 0 Å². The van der Waals surface area contributed by atoms with E-state index in [9.17, 15) is 9.59 Å². The van der Waals surface area contributed by atoms with Crippen molar-refractivity contribution >= 4 is 11.9 Å². The number of hydrogen-bond donors (Lipinski definition) is 0. The summed E-state index contributed by atoms with van der Waals surface area (Å²) < 4.78 is 57.8. The van der Waals surface area contributed by atoms with Crippen LogP contribution in [0.3, 0.4) is 0 Å². The Balaban J connectivity index is 0.987. The molecular weight excluding hydrogens is 857 g/mol. The van der Waals surface area contributed by atoms with Crippen LogP contribution in [0.1, 0.15) is 77.6 Å². The molecule has 4 aromatic rings. The quantitative estimate of drug-likeness (QED) is 0.0383. The number of quaternary nitrogens is 2. The van der Waals surface area contributed by atoms with Crippen LogP contribution in [-0.4, -0.2) is 131 Å². The van der Waals surface area contributed by atoms with E-state index in [1.807, 2.05) is 24.3 Å². The van der Waals surface area contributed by atoms with E-state index in [4.69, 9.17) is 47.4 Å². The minimum Gasteiger partial charge on any atom is -0.493 e. The molecule has 0 fully saturated rings. The fourth-order valence-electron chi connectivity index (χ4n) is 9.91. The molecule has 0 bridgehead atoms. The molecule has 0 amide bonds. The zero-order valence-electron chi connectivity index (χ0n) is 41.3. The predicted octanol–water partition coefficient (Wildman–Crippen LogP) is 8.07. The maximum Gasteiger partial charge on any atom is 0.311 e. The van der Waals surface area contributed by atoms with Crippen molar-refractivity contribution in [1.29, 1.82) is 0 Å². The molecule has 6 rings (SSSR count). The number of rotatable bonds is 24. The largest absolute Gasteiger partial charge is 0.493 e. The predicted molar refractivity (Wildman–Crippen MR) is 255 cm³/mol. The van der Waals surface area contributed by atoms with Gasteiger partial charge in [-0.05, 0) is 90.0 Å². The molecule has 2 unspecified atom stereocenters. The summed E-state index contributed by atoms with van der Waals surface area (Å²) in [7, 11) is 17.6. The first-order valence-electron chi connectivity index (χ1n) is 23.3.